The van der Waals surface area contributed by atoms with Crippen LogP contribution in [0.5, 0.6) is 0 Å². The molecule has 2 unspecified atom stereocenters. The molecule has 0 amide bonds. The Morgan fingerprint density at radius 3 is 1.50 bits per heavy atom. The minimum absolute atomic E-state index is 0.569. The first-order valence-electron chi connectivity index (χ1n) is 4.87. The molecule has 0 radical (unpaired) electrons. The van der Waals surface area contributed by atoms with E-state index in [1.807, 2.05) is 12.4 Å². The van der Waals surface area contributed by atoms with Crippen molar-refractivity contribution < 1.29 is 0 Å². The van der Waals surface area contributed by atoms with Crippen LogP contribution in [0, 0.1) is 0 Å². The molecule has 2 atom stereocenters. The topological polar surface area (TPSA) is 24.1 Å². The lowest BCUT2D eigenvalue weighted by molar-refractivity contribution is 0.596. The lowest BCUT2D eigenvalue weighted by Gasteiger charge is -2.10. The maximum Gasteiger partial charge on any atom is 0.0225 e. The summed E-state index contributed by atoms with van der Waals surface area (Å²) in [7, 11) is 0. The van der Waals surface area contributed by atoms with Gasteiger partial charge in [-0.05, 0) is 26.7 Å². The second-order valence-electron chi connectivity index (χ2n) is 3.29. The summed E-state index contributed by atoms with van der Waals surface area (Å²) in [6.45, 7) is 8.70. The van der Waals surface area contributed by atoms with Crippen molar-refractivity contribution in [3.8, 4) is 0 Å². The van der Waals surface area contributed by atoms with Gasteiger partial charge in [0.2, 0.25) is 0 Å². The molecule has 0 aromatic carbocycles. The molecule has 0 spiro atoms. The Morgan fingerprint density at radius 2 is 1.25 bits per heavy atom. The summed E-state index contributed by atoms with van der Waals surface area (Å²) in [5.41, 5.74) is 0. The monoisotopic (exact) mass is 170 g/mol. The fourth-order valence-corrected chi connectivity index (χ4v) is 0.660. The zero-order chi connectivity index (χ0) is 9.40. The minimum atomic E-state index is 0.569. The van der Waals surface area contributed by atoms with Crippen molar-refractivity contribution in [1.29, 1.82) is 0 Å². The highest BCUT2D eigenvalue weighted by atomic mass is 14.9. The smallest absolute Gasteiger partial charge is 0.0225 e. The molecule has 0 saturated heterocycles. The molecular formula is C10H22N2. The molecule has 0 aromatic heterocycles. The van der Waals surface area contributed by atoms with E-state index < -0.39 is 0 Å². The highest BCUT2D eigenvalue weighted by molar-refractivity contribution is 4.81. The Hall–Kier alpha value is -0.660. The predicted octanol–water partition coefficient (Wildman–Crippen LogP) is 2.23. The summed E-state index contributed by atoms with van der Waals surface area (Å²) in [5, 5.41) is 6.54. The lowest BCUT2D eigenvalue weighted by atomic mass is 10.3. The molecule has 2 heteroatoms. The molecule has 0 saturated carbocycles. The van der Waals surface area contributed by atoms with Gasteiger partial charge < -0.3 is 10.6 Å². The van der Waals surface area contributed by atoms with E-state index in [9.17, 15) is 0 Å². The van der Waals surface area contributed by atoms with Crippen molar-refractivity contribution in [1.82, 2.24) is 10.6 Å². The molecule has 0 aliphatic heterocycles. The van der Waals surface area contributed by atoms with E-state index in [0.717, 1.165) is 12.8 Å². The Morgan fingerprint density at radius 1 is 0.917 bits per heavy atom. The molecule has 0 aliphatic rings. The van der Waals surface area contributed by atoms with Gasteiger partial charge in [0.1, 0.15) is 0 Å². The van der Waals surface area contributed by atoms with Crippen LogP contribution in [0.25, 0.3) is 0 Å². The zero-order valence-corrected chi connectivity index (χ0v) is 8.72. The van der Waals surface area contributed by atoms with Gasteiger partial charge in [-0.2, -0.15) is 0 Å². The van der Waals surface area contributed by atoms with Gasteiger partial charge in [0.15, 0.2) is 0 Å². The standard InChI is InChI=1S/C10H22N2/c1-5-9(3)11-7-8-12-10(4)6-2/h7-12H,5-6H2,1-4H3. The molecule has 0 rings (SSSR count). The Kier molecular flexibility index (Phi) is 6.63. The maximum atomic E-state index is 3.27. The third-order valence-electron chi connectivity index (χ3n) is 2.07. The van der Waals surface area contributed by atoms with Crippen LogP contribution in [0.15, 0.2) is 12.4 Å². The summed E-state index contributed by atoms with van der Waals surface area (Å²) in [6, 6.07) is 1.14. The quantitative estimate of drug-likeness (QED) is 0.639. The maximum absolute atomic E-state index is 3.27. The number of rotatable bonds is 6. The van der Waals surface area contributed by atoms with E-state index >= 15 is 0 Å². The van der Waals surface area contributed by atoms with Crippen LogP contribution in [0.3, 0.4) is 0 Å². The van der Waals surface area contributed by atoms with Crippen molar-refractivity contribution in [2.75, 3.05) is 0 Å². The van der Waals surface area contributed by atoms with Gasteiger partial charge in [-0.25, -0.2) is 0 Å². The predicted molar refractivity (Wildman–Crippen MR) is 54.9 cm³/mol. The molecular weight excluding hydrogens is 148 g/mol. The normalized spacial score (nSPS) is 16.0. The van der Waals surface area contributed by atoms with Crippen molar-refractivity contribution in [3.05, 3.63) is 12.4 Å². The van der Waals surface area contributed by atoms with Gasteiger partial charge >= 0.3 is 0 Å². The molecule has 2 nitrogen and oxygen atoms in total. The molecule has 0 aromatic rings. The van der Waals surface area contributed by atoms with Crippen LogP contribution in [0.4, 0.5) is 0 Å². The highest BCUT2D eigenvalue weighted by Crippen LogP contribution is 1.88. The number of hydrogen-bond donors (Lipinski definition) is 2. The zero-order valence-electron chi connectivity index (χ0n) is 8.72. The van der Waals surface area contributed by atoms with E-state index in [4.69, 9.17) is 0 Å². The number of nitrogens with one attached hydrogen (secondary N) is 2. The van der Waals surface area contributed by atoms with Crippen LogP contribution in [0.1, 0.15) is 40.5 Å². The van der Waals surface area contributed by atoms with Gasteiger partial charge in [-0.15, -0.1) is 0 Å². The lowest BCUT2D eigenvalue weighted by Crippen LogP contribution is -2.23. The van der Waals surface area contributed by atoms with Gasteiger partial charge in [0, 0.05) is 24.5 Å². The van der Waals surface area contributed by atoms with Gasteiger partial charge in [0.05, 0.1) is 0 Å². The summed E-state index contributed by atoms with van der Waals surface area (Å²) in [6.07, 6.45) is 6.29. The molecule has 0 heterocycles. The molecule has 2 N–H and O–H groups in total. The first-order chi connectivity index (χ1) is 5.70. The van der Waals surface area contributed by atoms with E-state index in [-0.39, 0.29) is 0 Å². The summed E-state index contributed by atoms with van der Waals surface area (Å²) in [4.78, 5) is 0. The SMILES string of the molecule is CCC(C)NC=CNC(C)CC. The Balaban J connectivity index is 3.36. The van der Waals surface area contributed by atoms with E-state index in [1.165, 1.54) is 0 Å². The summed E-state index contributed by atoms with van der Waals surface area (Å²) < 4.78 is 0. The van der Waals surface area contributed by atoms with Gasteiger partial charge in [-0.3, -0.25) is 0 Å². The third kappa shape index (κ3) is 6.08. The largest absolute Gasteiger partial charge is 0.387 e. The second kappa shape index (κ2) is 7.01. The molecule has 72 valence electrons. The molecule has 12 heavy (non-hydrogen) atoms. The molecule has 0 aliphatic carbocycles. The highest BCUT2D eigenvalue weighted by Gasteiger charge is 1.92. The third-order valence-corrected chi connectivity index (χ3v) is 2.07. The van der Waals surface area contributed by atoms with Crippen molar-refractivity contribution in [3.63, 3.8) is 0 Å². The van der Waals surface area contributed by atoms with Crippen LogP contribution < -0.4 is 10.6 Å². The fraction of sp³-hybridized carbons (Fsp3) is 0.800. The van der Waals surface area contributed by atoms with E-state index in [2.05, 4.69) is 38.3 Å². The first-order valence-corrected chi connectivity index (χ1v) is 4.87. The minimum Gasteiger partial charge on any atom is -0.387 e. The van der Waals surface area contributed by atoms with E-state index in [1.54, 1.807) is 0 Å². The molecule has 0 fully saturated rings. The Labute approximate surface area is 76.4 Å². The van der Waals surface area contributed by atoms with Crippen molar-refractivity contribution in [2.24, 2.45) is 0 Å². The average molecular weight is 170 g/mol. The second-order valence-corrected chi connectivity index (χ2v) is 3.29. The van der Waals surface area contributed by atoms with E-state index in [0.29, 0.717) is 12.1 Å². The van der Waals surface area contributed by atoms with Crippen LogP contribution >= 0.6 is 0 Å². The van der Waals surface area contributed by atoms with Crippen LogP contribution in [-0.4, -0.2) is 12.1 Å². The number of hydrogen-bond acceptors (Lipinski definition) is 2. The average Bonchev–Trinajstić information content (AvgIpc) is 2.11. The Bertz CT molecular complexity index is 107. The molecule has 0 bridgehead atoms. The summed E-state index contributed by atoms with van der Waals surface area (Å²) in [5.74, 6) is 0. The van der Waals surface area contributed by atoms with Crippen LogP contribution in [0.2, 0.25) is 0 Å². The first kappa shape index (κ1) is 11.3. The fourth-order valence-electron chi connectivity index (χ4n) is 0.660. The summed E-state index contributed by atoms with van der Waals surface area (Å²) >= 11 is 0. The van der Waals surface area contributed by atoms with Crippen LogP contribution in [-0.2, 0) is 0 Å². The van der Waals surface area contributed by atoms with Crippen molar-refractivity contribution in [2.45, 2.75) is 52.6 Å². The van der Waals surface area contributed by atoms with Gasteiger partial charge in [-0.1, -0.05) is 13.8 Å². The van der Waals surface area contributed by atoms with Gasteiger partial charge in [0.25, 0.3) is 0 Å². The van der Waals surface area contributed by atoms with Crippen molar-refractivity contribution >= 4 is 0 Å².